The minimum Gasteiger partial charge on any atom is -0.347 e. The molecule has 0 N–H and O–H groups in total. The van der Waals surface area contributed by atoms with E-state index in [0.29, 0.717) is 0 Å². The van der Waals surface area contributed by atoms with Crippen LogP contribution in [0, 0.1) is 0 Å². The van der Waals surface area contributed by atoms with Gasteiger partial charge in [-0.1, -0.05) is 6.42 Å². The summed E-state index contributed by atoms with van der Waals surface area (Å²) in [5.41, 5.74) is 1.05. The average Bonchev–Trinajstić information content (AvgIpc) is 3.14. The van der Waals surface area contributed by atoms with E-state index in [9.17, 15) is 0 Å². The second kappa shape index (κ2) is 6.93. The third-order valence-electron chi connectivity index (χ3n) is 5.00. The van der Waals surface area contributed by atoms with Gasteiger partial charge in [-0.05, 0) is 50.9 Å². The van der Waals surface area contributed by atoms with Crippen LogP contribution in [0.25, 0.3) is 11.4 Å². The molecule has 0 radical (unpaired) electrons. The standard InChI is InChI=1S/C17H23N5S/c1-2-10-21(11-3-1)15-6-12-22(13-7-15)17-19-16(20-23-17)14-4-8-18-9-5-14/h4-5,8-9,15H,1-3,6-7,10-13H2. The van der Waals surface area contributed by atoms with Crippen molar-refractivity contribution >= 4 is 16.7 Å². The van der Waals surface area contributed by atoms with E-state index in [-0.39, 0.29) is 0 Å². The lowest BCUT2D eigenvalue weighted by atomic mass is 10.0. The van der Waals surface area contributed by atoms with E-state index in [1.807, 2.05) is 12.1 Å². The zero-order chi connectivity index (χ0) is 15.5. The van der Waals surface area contributed by atoms with Gasteiger partial charge in [-0.2, -0.15) is 9.36 Å². The zero-order valence-electron chi connectivity index (χ0n) is 13.4. The molecule has 0 saturated carbocycles. The van der Waals surface area contributed by atoms with Crippen LogP contribution in [0.4, 0.5) is 5.13 Å². The molecule has 0 unspecified atom stereocenters. The molecule has 2 fully saturated rings. The van der Waals surface area contributed by atoms with E-state index in [1.54, 1.807) is 12.4 Å². The molecule has 0 amide bonds. The second-order valence-corrected chi connectivity index (χ2v) is 7.18. The zero-order valence-corrected chi connectivity index (χ0v) is 14.2. The summed E-state index contributed by atoms with van der Waals surface area (Å²) in [5, 5.41) is 1.06. The van der Waals surface area contributed by atoms with Gasteiger partial charge in [0.1, 0.15) is 0 Å². The third-order valence-corrected chi connectivity index (χ3v) is 5.77. The minimum atomic E-state index is 0.777. The van der Waals surface area contributed by atoms with Crippen molar-refractivity contribution in [2.45, 2.75) is 38.1 Å². The van der Waals surface area contributed by atoms with Crippen molar-refractivity contribution in [3.8, 4) is 11.4 Å². The van der Waals surface area contributed by atoms with Crippen LogP contribution in [0.2, 0.25) is 0 Å². The Morgan fingerprint density at radius 1 is 0.957 bits per heavy atom. The normalized spacial score (nSPS) is 20.8. The number of hydrogen-bond donors (Lipinski definition) is 0. The Labute approximate surface area is 141 Å². The fourth-order valence-corrected chi connectivity index (χ4v) is 4.41. The molecule has 0 aliphatic carbocycles. The van der Waals surface area contributed by atoms with Gasteiger partial charge in [0, 0.05) is 48.6 Å². The van der Waals surface area contributed by atoms with Crippen molar-refractivity contribution < 1.29 is 0 Å². The van der Waals surface area contributed by atoms with Gasteiger partial charge in [0.15, 0.2) is 5.82 Å². The number of aromatic nitrogens is 3. The van der Waals surface area contributed by atoms with Gasteiger partial charge in [0.25, 0.3) is 0 Å². The lowest BCUT2D eigenvalue weighted by Crippen LogP contribution is -2.46. The molecule has 6 heteroatoms. The summed E-state index contributed by atoms with van der Waals surface area (Å²) < 4.78 is 4.52. The molecule has 2 aromatic heterocycles. The van der Waals surface area contributed by atoms with Crippen LogP contribution >= 0.6 is 11.5 Å². The Morgan fingerprint density at radius 3 is 2.43 bits per heavy atom. The summed E-state index contributed by atoms with van der Waals surface area (Å²) in [4.78, 5) is 13.9. The Kier molecular flexibility index (Phi) is 4.52. The number of rotatable bonds is 3. The molecule has 2 aliphatic rings. The van der Waals surface area contributed by atoms with Gasteiger partial charge in [-0.3, -0.25) is 4.98 Å². The van der Waals surface area contributed by atoms with Gasteiger partial charge in [-0.25, -0.2) is 0 Å². The van der Waals surface area contributed by atoms with Crippen LogP contribution in [0.3, 0.4) is 0 Å². The maximum atomic E-state index is 4.73. The first-order valence-corrected chi connectivity index (χ1v) is 9.40. The molecule has 0 spiro atoms. The highest BCUT2D eigenvalue weighted by Crippen LogP contribution is 2.28. The van der Waals surface area contributed by atoms with Crippen molar-refractivity contribution in [1.82, 2.24) is 19.2 Å². The van der Waals surface area contributed by atoms with Gasteiger partial charge in [-0.15, -0.1) is 0 Å². The summed E-state index contributed by atoms with van der Waals surface area (Å²) in [6.07, 6.45) is 10.3. The first-order chi connectivity index (χ1) is 11.4. The molecule has 0 bridgehead atoms. The molecule has 23 heavy (non-hydrogen) atoms. The molecular weight excluding hydrogens is 306 g/mol. The molecule has 2 aromatic rings. The quantitative estimate of drug-likeness (QED) is 0.866. The highest BCUT2D eigenvalue weighted by atomic mass is 32.1. The van der Waals surface area contributed by atoms with Crippen molar-refractivity contribution in [2.24, 2.45) is 0 Å². The highest BCUT2D eigenvalue weighted by Gasteiger charge is 2.26. The predicted octanol–water partition coefficient (Wildman–Crippen LogP) is 3.05. The molecule has 122 valence electrons. The van der Waals surface area contributed by atoms with Gasteiger partial charge in [0.05, 0.1) is 0 Å². The maximum absolute atomic E-state index is 4.73. The number of likely N-dealkylation sites (tertiary alicyclic amines) is 1. The van der Waals surface area contributed by atoms with Crippen molar-refractivity contribution in [3.05, 3.63) is 24.5 Å². The second-order valence-electron chi connectivity index (χ2n) is 6.45. The van der Waals surface area contributed by atoms with Crippen molar-refractivity contribution in [1.29, 1.82) is 0 Å². The van der Waals surface area contributed by atoms with Gasteiger partial charge >= 0.3 is 0 Å². The number of anilines is 1. The predicted molar refractivity (Wildman–Crippen MR) is 93.8 cm³/mol. The van der Waals surface area contributed by atoms with Crippen molar-refractivity contribution in [2.75, 3.05) is 31.1 Å². The largest absolute Gasteiger partial charge is 0.347 e. The van der Waals surface area contributed by atoms with Crippen molar-refractivity contribution in [3.63, 3.8) is 0 Å². The molecule has 2 saturated heterocycles. The fourth-order valence-electron chi connectivity index (χ4n) is 3.67. The van der Waals surface area contributed by atoms with Gasteiger partial charge < -0.3 is 9.80 Å². The Bertz CT molecular complexity index is 615. The van der Waals surface area contributed by atoms with Crippen LogP contribution in [-0.4, -0.2) is 51.5 Å². The monoisotopic (exact) mass is 329 g/mol. The molecule has 4 rings (SSSR count). The van der Waals surface area contributed by atoms with Crippen LogP contribution in [0.15, 0.2) is 24.5 Å². The van der Waals surface area contributed by atoms with E-state index < -0.39 is 0 Å². The minimum absolute atomic E-state index is 0.777. The first-order valence-electron chi connectivity index (χ1n) is 8.63. The third kappa shape index (κ3) is 3.38. The lowest BCUT2D eigenvalue weighted by molar-refractivity contribution is 0.141. The first kappa shape index (κ1) is 15.0. The molecule has 2 aliphatic heterocycles. The van der Waals surface area contributed by atoms with E-state index in [1.165, 1.54) is 56.7 Å². The summed E-state index contributed by atoms with van der Waals surface area (Å²) in [7, 11) is 0. The maximum Gasteiger partial charge on any atom is 0.205 e. The van der Waals surface area contributed by atoms with E-state index in [4.69, 9.17) is 4.98 Å². The molecule has 0 atom stereocenters. The number of pyridine rings is 1. The summed E-state index contributed by atoms with van der Waals surface area (Å²) in [6, 6.07) is 4.71. The van der Waals surface area contributed by atoms with Crippen LogP contribution in [0.1, 0.15) is 32.1 Å². The summed E-state index contributed by atoms with van der Waals surface area (Å²) >= 11 is 1.52. The SMILES string of the molecule is c1cc(-c2nsc(N3CCC(N4CCCCC4)CC3)n2)ccn1. The Balaban J connectivity index is 1.38. The smallest absolute Gasteiger partial charge is 0.205 e. The van der Waals surface area contributed by atoms with Crippen LogP contribution in [0.5, 0.6) is 0 Å². The Morgan fingerprint density at radius 2 is 1.70 bits per heavy atom. The highest BCUT2D eigenvalue weighted by molar-refractivity contribution is 7.09. The fraction of sp³-hybridized carbons (Fsp3) is 0.588. The summed E-state index contributed by atoms with van der Waals surface area (Å²) in [6.45, 7) is 4.81. The average molecular weight is 329 g/mol. The molecule has 5 nitrogen and oxygen atoms in total. The topological polar surface area (TPSA) is 45.2 Å². The number of hydrogen-bond acceptors (Lipinski definition) is 6. The van der Waals surface area contributed by atoms with E-state index >= 15 is 0 Å². The van der Waals surface area contributed by atoms with Gasteiger partial charge in [0.2, 0.25) is 5.13 Å². The molecule has 0 aromatic carbocycles. The molecular formula is C17H23N5S. The number of piperidine rings is 2. The van der Waals surface area contributed by atoms with E-state index in [0.717, 1.165) is 35.7 Å². The summed E-state index contributed by atoms with van der Waals surface area (Å²) in [5.74, 6) is 0.825. The van der Waals surface area contributed by atoms with Crippen LogP contribution in [-0.2, 0) is 0 Å². The van der Waals surface area contributed by atoms with E-state index in [2.05, 4.69) is 19.2 Å². The van der Waals surface area contributed by atoms with Crippen LogP contribution < -0.4 is 4.90 Å². The Hall–Kier alpha value is -1.53. The molecule has 4 heterocycles. The lowest BCUT2D eigenvalue weighted by Gasteiger charge is -2.40. The number of nitrogens with zero attached hydrogens (tertiary/aromatic N) is 5.